The number of carbonyl (C=O) groups excluding carboxylic acids is 2. The fourth-order valence-corrected chi connectivity index (χ4v) is 4.02. The summed E-state index contributed by atoms with van der Waals surface area (Å²) in [5.74, 6) is -0.277. The average molecular weight is 382 g/mol. The van der Waals surface area contributed by atoms with Crippen molar-refractivity contribution in [3.05, 3.63) is 53.8 Å². The van der Waals surface area contributed by atoms with Crippen molar-refractivity contribution in [2.45, 2.75) is 12.4 Å². The van der Waals surface area contributed by atoms with Gasteiger partial charge in [-0.2, -0.15) is 0 Å². The number of ether oxygens (including phenoxy) is 1. The summed E-state index contributed by atoms with van der Waals surface area (Å²) in [7, 11) is 3.52. The SMILES string of the molecule is C[B]c1ccc(C(COC)(CN2CC3C=C(O)C=CC3C2=O)NC(N)=O)cc1. The highest BCUT2D eigenvalue weighted by Crippen LogP contribution is 2.34. The van der Waals surface area contributed by atoms with Crippen molar-refractivity contribution in [2.75, 3.05) is 26.8 Å². The second kappa shape index (κ2) is 8.10. The summed E-state index contributed by atoms with van der Waals surface area (Å²) in [6.45, 7) is 2.76. The molecule has 1 heterocycles. The molecule has 0 saturated carbocycles. The van der Waals surface area contributed by atoms with Crippen molar-refractivity contribution in [2.24, 2.45) is 17.6 Å². The van der Waals surface area contributed by atoms with Gasteiger partial charge in [0.1, 0.15) is 18.6 Å². The lowest BCUT2D eigenvalue weighted by Gasteiger charge is -2.37. The van der Waals surface area contributed by atoms with E-state index in [1.54, 1.807) is 30.2 Å². The van der Waals surface area contributed by atoms with Gasteiger partial charge < -0.3 is 25.8 Å². The second-order valence-corrected chi connectivity index (χ2v) is 7.27. The molecule has 0 bridgehead atoms. The highest BCUT2D eigenvalue weighted by molar-refractivity contribution is 6.51. The number of likely N-dealkylation sites (tertiary alicyclic amines) is 1. The Morgan fingerprint density at radius 2 is 2.14 bits per heavy atom. The molecule has 3 rings (SSSR count). The molecule has 0 spiro atoms. The van der Waals surface area contributed by atoms with Gasteiger partial charge in [-0.15, -0.1) is 0 Å². The smallest absolute Gasteiger partial charge is 0.313 e. The number of hydrogen-bond acceptors (Lipinski definition) is 4. The van der Waals surface area contributed by atoms with Crippen LogP contribution in [0.15, 0.2) is 48.3 Å². The number of aliphatic hydroxyl groups is 1. The van der Waals surface area contributed by atoms with Crippen LogP contribution in [0.1, 0.15) is 5.56 Å². The maximum absolute atomic E-state index is 12.9. The summed E-state index contributed by atoms with van der Waals surface area (Å²) in [5.41, 5.74) is 6.34. The predicted molar refractivity (Wildman–Crippen MR) is 107 cm³/mol. The fourth-order valence-electron chi connectivity index (χ4n) is 4.02. The zero-order chi connectivity index (χ0) is 20.3. The quantitative estimate of drug-likeness (QED) is 0.603. The van der Waals surface area contributed by atoms with Crippen molar-refractivity contribution in [1.82, 2.24) is 10.2 Å². The standard InChI is InChI=1S/C20H25BN3O4/c1-21-15-5-3-14(4-6-15)20(12-28-2,23-19(22)27)11-24-10-13-9-16(25)7-8-17(13)18(24)26/h3-9,13,17,25H,10-12H2,1-2H3,(H3,22,23,27). The van der Waals surface area contributed by atoms with Crippen LogP contribution >= 0.6 is 0 Å². The third-order valence-corrected chi connectivity index (χ3v) is 5.36. The minimum absolute atomic E-state index is 0.0461. The molecule has 0 aromatic heterocycles. The van der Waals surface area contributed by atoms with Crippen LogP contribution < -0.4 is 16.5 Å². The Kier molecular flexibility index (Phi) is 5.79. The molecule has 4 N–H and O–H groups in total. The van der Waals surface area contributed by atoms with Crippen LogP contribution in [0.3, 0.4) is 0 Å². The number of primary amides is 1. The number of rotatable bonds is 7. The maximum atomic E-state index is 12.9. The molecule has 3 amide bonds. The van der Waals surface area contributed by atoms with E-state index in [0.717, 1.165) is 11.0 Å². The normalized spacial score (nSPS) is 23.0. The molecule has 1 fully saturated rings. The summed E-state index contributed by atoms with van der Waals surface area (Å²) in [6, 6.07) is 7.01. The van der Waals surface area contributed by atoms with Gasteiger partial charge in [-0.3, -0.25) is 4.79 Å². The van der Waals surface area contributed by atoms with Crippen LogP contribution in [0.5, 0.6) is 0 Å². The van der Waals surface area contributed by atoms with E-state index < -0.39 is 11.6 Å². The van der Waals surface area contributed by atoms with Crippen LogP contribution in [0, 0.1) is 11.8 Å². The van der Waals surface area contributed by atoms with Gasteiger partial charge in [0.25, 0.3) is 0 Å². The van der Waals surface area contributed by atoms with Gasteiger partial charge in [-0.25, -0.2) is 4.79 Å². The first-order valence-corrected chi connectivity index (χ1v) is 9.23. The molecule has 1 aromatic rings. The number of amides is 3. The molecule has 28 heavy (non-hydrogen) atoms. The van der Waals surface area contributed by atoms with Gasteiger partial charge in [-0.1, -0.05) is 42.6 Å². The summed E-state index contributed by atoms with van der Waals surface area (Å²) in [6.07, 6.45) is 4.98. The molecule has 1 aromatic carbocycles. The third kappa shape index (κ3) is 3.92. The van der Waals surface area contributed by atoms with Crippen molar-refractivity contribution in [3.8, 4) is 0 Å². The highest BCUT2D eigenvalue weighted by Gasteiger charge is 2.44. The number of carbonyl (C=O) groups is 2. The lowest BCUT2D eigenvalue weighted by Crippen LogP contribution is -2.57. The maximum Gasteiger partial charge on any atom is 0.313 e. The molecule has 1 saturated heterocycles. The summed E-state index contributed by atoms with van der Waals surface area (Å²) < 4.78 is 5.42. The molecule has 7 nitrogen and oxygen atoms in total. The first kappa shape index (κ1) is 20.0. The Balaban J connectivity index is 1.93. The zero-order valence-corrected chi connectivity index (χ0v) is 16.1. The topological polar surface area (TPSA) is 105 Å². The van der Waals surface area contributed by atoms with Gasteiger partial charge in [0, 0.05) is 19.6 Å². The number of nitrogens with two attached hydrogens (primary N) is 1. The number of fused-ring (bicyclic) bond motifs is 1. The number of nitrogens with zero attached hydrogens (tertiary/aromatic N) is 1. The lowest BCUT2D eigenvalue weighted by atomic mass is 9.72. The van der Waals surface area contributed by atoms with E-state index >= 15 is 0 Å². The van der Waals surface area contributed by atoms with Crippen LogP contribution in [-0.4, -0.2) is 56.0 Å². The molecule has 8 heteroatoms. The zero-order valence-electron chi connectivity index (χ0n) is 16.1. The molecule has 147 valence electrons. The number of nitrogens with one attached hydrogen (secondary N) is 1. The molecular formula is C20H25BN3O4. The number of methoxy groups -OCH3 is 1. The van der Waals surface area contributed by atoms with Crippen LogP contribution in [0.25, 0.3) is 0 Å². The largest absolute Gasteiger partial charge is 0.508 e. The molecule has 1 radical (unpaired) electrons. The number of aliphatic hydroxyl groups excluding tert-OH is 1. The fraction of sp³-hybridized carbons (Fsp3) is 0.400. The van der Waals surface area contributed by atoms with Crippen LogP contribution in [0.2, 0.25) is 6.82 Å². The van der Waals surface area contributed by atoms with Gasteiger partial charge in [0.05, 0.1) is 19.1 Å². The van der Waals surface area contributed by atoms with E-state index in [4.69, 9.17) is 10.5 Å². The first-order chi connectivity index (χ1) is 13.4. The van der Waals surface area contributed by atoms with E-state index in [-0.39, 0.29) is 36.7 Å². The summed E-state index contributed by atoms with van der Waals surface area (Å²) >= 11 is 0. The van der Waals surface area contributed by atoms with E-state index in [1.807, 2.05) is 38.4 Å². The second-order valence-electron chi connectivity index (χ2n) is 7.27. The minimum atomic E-state index is -0.981. The van der Waals surface area contributed by atoms with Crippen molar-refractivity contribution in [3.63, 3.8) is 0 Å². The van der Waals surface area contributed by atoms with Crippen molar-refractivity contribution < 1.29 is 19.4 Å². The van der Waals surface area contributed by atoms with E-state index in [0.29, 0.717) is 6.54 Å². The molecule has 3 atom stereocenters. The van der Waals surface area contributed by atoms with E-state index in [1.165, 1.54) is 0 Å². The number of allylic oxidation sites excluding steroid dienone is 1. The highest BCUT2D eigenvalue weighted by atomic mass is 16.5. The molecule has 3 unspecified atom stereocenters. The Morgan fingerprint density at radius 1 is 1.43 bits per heavy atom. The number of hydrogen-bond donors (Lipinski definition) is 3. The Labute approximate surface area is 165 Å². The van der Waals surface area contributed by atoms with Crippen LogP contribution in [-0.2, 0) is 15.1 Å². The van der Waals surface area contributed by atoms with Gasteiger partial charge in [-0.05, 0) is 17.7 Å². The molecular weight excluding hydrogens is 357 g/mol. The Hall–Kier alpha value is -2.74. The van der Waals surface area contributed by atoms with Crippen molar-refractivity contribution in [1.29, 1.82) is 0 Å². The molecule has 1 aliphatic carbocycles. The van der Waals surface area contributed by atoms with E-state index in [9.17, 15) is 14.7 Å². The predicted octanol–water partition coefficient (Wildman–Crippen LogP) is 0.661. The van der Waals surface area contributed by atoms with E-state index in [2.05, 4.69) is 5.32 Å². The third-order valence-electron chi connectivity index (χ3n) is 5.36. The minimum Gasteiger partial charge on any atom is -0.508 e. The van der Waals surface area contributed by atoms with Gasteiger partial charge >= 0.3 is 6.03 Å². The lowest BCUT2D eigenvalue weighted by molar-refractivity contribution is -0.131. The monoisotopic (exact) mass is 382 g/mol. The van der Waals surface area contributed by atoms with Gasteiger partial charge in [0.15, 0.2) is 0 Å². The summed E-state index contributed by atoms with van der Waals surface area (Å²) in [5, 5.41) is 12.6. The Morgan fingerprint density at radius 3 is 2.75 bits per heavy atom. The van der Waals surface area contributed by atoms with Gasteiger partial charge in [0.2, 0.25) is 5.91 Å². The molecule has 1 aliphatic heterocycles. The number of urea groups is 1. The van der Waals surface area contributed by atoms with Crippen molar-refractivity contribution >= 4 is 24.7 Å². The Bertz CT molecular complexity index is 808. The number of benzene rings is 1. The summed E-state index contributed by atoms with van der Waals surface area (Å²) in [4.78, 5) is 26.4. The molecule has 2 aliphatic rings. The average Bonchev–Trinajstić information content (AvgIpc) is 2.96. The first-order valence-electron chi connectivity index (χ1n) is 9.23. The van der Waals surface area contributed by atoms with Crippen LogP contribution in [0.4, 0.5) is 4.79 Å².